The number of halogens is 3. The molecule has 0 fully saturated rings. The van der Waals surface area contributed by atoms with Gasteiger partial charge in [0.25, 0.3) is 0 Å². The van der Waals surface area contributed by atoms with Crippen LogP contribution in [0.5, 0.6) is 5.88 Å². The maximum Gasteiger partial charge on any atom is 0.388 e. The lowest BCUT2D eigenvalue weighted by Gasteiger charge is -2.07. The predicted molar refractivity (Wildman–Crippen MR) is 41.8 cm³/mol. The summed E-state index contributed by atoms with van der Waals surface area (Å²) in [5, 5.41) is 8.91. The second kappa shape index (κ2) is 4.34. The third-order valence-electron chi connectivity index (χ3n) is 1.32. The molecule has 0 aliphatic heterocycles. The number of aromatic nitrogens is 1. The zero-order chi connectivity index (χ0) is 9.84. The summed E-state index contributed by atoms with van der Waals surface area (Å²) in [5.74, 6) is -0.343. The van der Waals surface area contributed by atoms with Crippen molar-refractivity contribution in [2.45, 2.75) is 13.2 Å². The van der Waals surface area contributed by atoms with E-state index in [1.54, 1.807) is 0 Å². The minimum atomic E-state index is -2.98. The van der Waals surface area contributed by atoms with Crippen molar-refractivity contribution in [2.24, 2.45) is 0 Å². The lowest BCUT2D eigenvalue weighted by Crippen LogP contribution is -2.06. The van der Waals surface area contributed by atoms with Gasteiger partial charge >= 0.3 is 6.61 Å². The summed E-state index contributed by atoms with van der Waals surface area (Å²) in [4.78, 5) is 3.50. The highest BCUT2D eigenvalue weighted by Crippen LogP contribution is 2.24. The summed E-state index contributed by atoms with van der Waals surface area (Å²) in [6, 6.07) is 1.38. The topological polar surface area (TPSA) is 42.4 Å². The van der Waals surface area contributed by atoms with Gasteiger partial charge in [-0.1, -0.05) is 11.6 Å². The average Bonchev–Trinajstić information content (AvgIpc) is 2.03. The minimum absolute atomic E-state index is 0.0597. The third-order valence-corrected chi connectivity index (χ3v) is 1.67. The fourth-order valence-electron chi connectivity index (χ4n) is 0.780. The Morgan fingerprint density at radius 2 is 2.31 bits per heavy atom. The van der Waals surface area contributed by atoms with Crippen molar-refractivity contribution in [3.05, 3.63) is 22.8 Å². The molecule has 0 unspecified atom stereocenters. The largest absolute Gasteiger partial charge is 0.416 e. The van der Waals surface area contributed by atoms with Crippen molar-refractivity contribution in [3.63, 3.8) is 0 Å². The zero-order valence-electron chi connectivity index (χ0n) is 6.38. The quantitative estimate of drug-likeness (QED) is 0.826. The van der Waals surface area contributed by atoms with Crippen LogP contribution in [-0.2, 0) is 6.61 Å². The molecule has 0 saturated heterocycles. The molecule has 0 aromatic carbocycles. The molecule has 1 aromatic rings. The molecule has 6 heteroatoms. The van der Waals surface area contributed by atoms with E-state index >= 15 is 0 Å². The average molecular weight is 210 g/mol. The first-order chi connectivity index (χ1) is 6.15. The van der Waals surface area contributed by atoms with Crippen LogP contribution in [0.1, 0.15) is 5.56 Å². The van der Waals surface area contributed by atoms with Gasteiger partial charge in [0.2, 0.25) is 5.88 Å². The Bertz CT molecular complexity index is 296. The molecule has 0 atom stereocenters. The van der Waals surface area contributed by atoms with Crippen molar-refractivity contribution < 1.29 is 18.6 Å². The van der Waals surface area contributed by atoms with E-state index in [1.165, 1.54) is 12.3 Å². The molecule has 0 aliphatic rings. The Hall–Kier alpha value is -0.940. The maximum atomic E-state index is 11.8. The second-order valence-electron chi connectivity index (χ2n) is 2.11. The Morgan fingerprint density at radius 3 is 2.85 bits per heavy atom. The van der Waals surface area contributed by atoms with Crippen molar-refractivity contribution in [1.82, 2.24) is 4.98 Å². The van der Waals surface area contributed by atoms with E-state index in [2.05, 4.69) is 9.72 Å². The van der Waals surface area contributed by atoms with Gasteiger partial charge in [-0.3, -0.25) is 0 Å². The molecule has 72 valence electrons. The number of aliphatic hydroxyl groups is 1. The van der Waals surface area contributed by atoms with Gasteiger partial charge in [-0.05, 0) is 6.07 Å². The number of aliphatic hydroxyl groups excluding tert-OH is 1. The van der Waals surface area contributed by atoms with Crippen molar-refractivity contribution in [3.8, 4) is 5.88 Å². The number of alkyl halides is 2. The van der Waals surface area contributed by atoms with E-state index in [1.807, 2.05) is 0 Å². The summed E-state index contributed by atoms with van der Waals surface area (Å²) in [5.41, 5.74) is 0.0597. The molecule has 13 heavy (non-hydrogen) atoms. The van der Waals surface area contributed by atoms with E-state index < -0.39 is 13.2 Å². The highest BCUT2D eigenvalue weighted by molar-refractivity contribution is 6.31. The zero-order valence-corrected chi connectivity index (χ0v) is 7.13. The molecule has 0 aliphatic carbocycles. The summed E-state index contributed by atoms with van der Waals surface area (Å²) >= 11 is 5.59. The molecule has 1 aromatic heterocycles. The molecule has 0 bridgehead atoms. The molecule has 0 radical (unpaired) electrons. The standard InChI is InChI=1S/C7H6ClF2NO2/c8-5-1-2-11-6(4(5)3-12)13-7(9)10/h1-2,7,12H,3H2. The normalized spacial score (nSPS) is 10.5. The SMILES string of the molecule is OCc1c(Cl)ccnc1OC(F)F. The van der Waals surface area contributed by atoms with Gasteiger partial charge in [-0.2, -0.15) is 8.78 Å². The van der Waals surface area contributed by atoms with Gasteiger partial charge in [0.05, 0.1) is 17.2 Å². The molecule has 0 amide bonds. The van der Waals surface area contributed by atoms with Gasteiger partial charge in [-0.25, -0.2) is 4.98 Å². The summed E-state index contributed by atoms with van der Waals surface area (Å²) in [6.45, 7) is -3.47. The first kappa shape index (κ1) is 10.1. The van der Waals surface area contributed by atoms with Crippen LogP contribution in [0.15, 0.2) is 12.3 Å². The molecule has 3 nitrogen and oxygen atoms in total. The monoisotopic (exact) mass is 209 g/mol. The van der Waals surface area contributed by atoms with Gasteiger partial charge in [-0.15, -0.1) is 0 Å². The highest BCUT2D eigenvalue weighted by atomic mass is 35.5. The van der Waals surface area contributed by atoms with Crippen LogP contribution in [0, 0.1) is 0 Å². The lowest BCUT2D eigenvalue weighted by atomic mass is 10.3. The number of nitrogens with zero attached hydrogens (tertiary/aromatic N) is 1. The number of pyridine rings is 1. The van der Waals surface area contributed by atoms with Crippen LogP contribution >= 0.6 is 11.6 Å². The number of hydrogen-bond acceptors (Lipinski definition) is 3. The van der Waals surface area contributed by atoms with E-state index in [9.17, 15) is 8.78 Å². The van der Waals surface area contributed by atoms with Gasteiger partial charge in [0.15, 0.2) is 0 Å². The van der Waals surface area contributed by atoms with Crippen LogP contribution in [0.3, 0.4) is 0 Å². The minimum Gasteiger partial charge on any atom is -0.416 e. The molecular weight excluding hydrogens is 204 g/mol. The second-order valence-corrected chi connectivity index (χ2v) is 2.52. The fourth-order valence-corrected chi connectivity index (χ4v) is 0.977. The fraction of sp³-hybridized carbons (Fsp3) is 0.286. The first-order valence-electron chi connectivity index (χ1n) is 3.34. The molecule has 1 N–H and O–H groups in total. The third kappa shape index (κ3) is 2.50. The van der Waals surface area contributed by atoms with Crippen molar-refractivity contribution in [1.29, 1.82) is 0 Å². The highest BCUT2D eigenvalue weighted by Gasteiger charge is 2.12. The van der Waals surface area contributed by atoms with Crippen molar-refractivity contribution >= 4 is 11.6 Å². The summed E-state index contributed by atoms with van der Waals surface area (Å²) in [6.07, 6.45) is 1.22. The predicted octanol–water partition coefficient (Wildman–Crippen LogP) is 1.83. The number of rotatable bonds is 3. The molecule has 0 saturated carbocycles. The maximum absolute atomic E-state index is 11.8. The van der Waals surface area contributed by atoms with E-state index in [-0.39, 0.29) is 16.5 Å². The molecular formula is C7H6ClF2NO2. The molecule has 0 spiro atoms. The van der Waals surface area contributed by atoms with Crippen LogP contribution in [0.25, 0.3) is 0 Å². The van der Waals surface area contributed by atoms with E-state index in [0.29, 0.717) is 0 Å². The summed E-state index contributed by atoms with van der Waals surface area (Å²) in [7, 11) is 0. The Kier molecular flexibility index (Phi) is 3.39. The molecule has 1 rings (SSSR count). The van der Waals surface area contributed by atoms with Crippen molar-refractivity contribution in [2.75, 3.05) is 0 Å². The summed E-state index contributed by atoms with van der Waals surface area (Å²) < 4.78 is 27.6. The Labute approximate surface area is 77.9 Å². The number of hydrogen-bond donors (Lipinski definition) is 1. The van der Waals surface area contributed by atoms with E-state index in [0.717, 1.165) is 0 Å². The van der Waals surface area contributed by atoms with Crippen LogP contribution in [-0.4, -0.2) is 16.7 Å². The van der Waals surface area contributed by atoms with Crippen LogP contribution in [0.2, 0.25) is 5.02 Å². The molecule has 1 heterocycles. The Balaban J connectivity index is 2.98. The van der Waals surface area contributed by atoms with E-state index in [4.69, 9.17) is 16.7 Å². The van der Waals surface area contributed by atoms with Gasteiger partial charge in [0, 0.05) is 6.20 Å². The van der Waals surface area contributed by atoms with Gasteiger partial charge < -0.3 is 9.84 Å². The first-order valence-corrected chi connectivity index (χ1v) is 3.72. The van der Waals surface area contributed by atoms with Crippen LogP contribution in [0.4, 0.5) is 8.78 Å². The smallest absolute Gasteiger partial charge is 0.388 e. The van der Waals surface area contributed by atoms with Crippen LogP contribution < -0.4 is 4.74 Å². The Morgan fingerprint density at radius 1 is 1.62 bits per heavy atom. The lowest BCUT2D eigenvalue weighted by molar-refractivity contribution is -0.0540. The number of ether oxygens (including phenoxy) is 1. The van der Waals surface area contributed by atoms with Gasteiger partial charge in [0.1, 0.15) is 0 Å².